The molecule has 0 bridgehead atoms. The van der Waals surface area contributed by atoms with Gasteiger partial charge in [0.05, 0.1) is 18.2 Å². The van der Waals surface area contributed by atoms with Crippen LogP contribution in [0, 0.1) is 0 Å². The molecule has 0 fully saturated rings. The number of carbonyl (C=O) groups excluding carboxylic acids is 1. The second-order valence-corrected chi connectivity index (χ2v) is 8.15. The van der Waals surface area contributed by atoms with Crippen LogP contribution in [0.4, 0.5) is 5.69 Å². The Morgan fingerprint density at radius 2 is 1.73 bits per heavy atom. The van der Waals surface area contributed by atoms with Gasteiger partial charge in [-0.3, -0.25) is 9.59 Å². The molecule has 0 saturated heterocycles. The lowest BCUT2D eigenvalue weighted by Crippen LogP contribution is -2.28. The van der Waals surface area contributed by atoms with Crippen molar-refractivity contribution in [3.8, 4) is 0 Å². The summed E-state index contributed by atoms with van der Waals surface area (Å²) in [5.41, 5.74) is 0.0488. The molecule has 2 rings (SSSR count). The van der Waals surface area contributed by atoms with Gasteiger partial charge in [0.25, 0.3) is 5.91 Å². The van der Waals surface area contributed by atoms with Crippen molar-refractivity contribution >= 4 is 27.6 Å². The number of benzene rings is 1. The van der Waals surface area contributed by atoms with Crippen molar-refractivity contribution in [2.75, 3.05) is 11.6 Å². The van der Waals surface area contributed by atoms with E-state index in [9.17, 15) is 23.1 Å². The Labute approximate surface area is 151 Å². The molecule has 0 unspecified atom stereocenters. The predicted molar refractivity (Wildman–Crippen MR) is 95.4 cm³/mol. The standard InChI is InChI=1S/C17H20N2O6S/c1-17(2,16(21)22)11-4-6-12(7-5-11)19-15(20)14-9-8-13(25-14)10-18-26(3,23)24/h4-9,18H,10H2,1-3H3,(H,19,20)(H,21,22). The van der Waals surface area contributed by atoms with E-state index in [0.29, 0.717) is 17.0 Å². The maximum Gasteiger partial charge on any atom is 0.313 e. The van der Waals surface area contributed by atoms with Crippen LogP contribution in [0.15, 0.2) is 40.8 Å². The molecule has 140 valence electrons. The molecule has 1 aromatic heterocycles. The van der Waals surface area contributed by atoms with E-state index in [0.717, 1.165) is 6.26 Å². The Hall–Kier alpha value is -2.65. The summed E-state index contributed by atoms with van der Waals surface area (Å²) >= 11 is 0. The van der Waals surface area contributed by atoms with Gasteiger partial charge in [0, 0.05) is 5.69 Å². The van der Waals surface area contributed by atoms with Crippen LogP contribution in [0.1, 0.15) is 35.7 Å². The number of anilines is 1. The van der Waals surface area contributed by atoms with Crippen molar-refractivity contribution in [3.05, 3.63) is 53.5 Å². The van der Waals surface area contributed by atoms with Crippen molar-refractivity contribution in [2.24, 2.45) is 0 Å². The van der Waals surface area contributed by atoms with E-state index in [4.69, 9.17) is 4.42 Å². The van der Waals surface area contributed by atoms with Gasteiger partial charge < -0.3 is 14.8 Å². The number of carboxylic acid groups (broad SMARTS) is 1. The van der Waals surface area contributed by atoms with Gasteiger partial charge in [0.2, 0.25) is 10.0 Å². The molecule has 3 N–H and O–H groups in total. The van der Waals surface area contributed by atoms with E-state index in [1.165, 1.54) is 12.1 Å². The fourth-order valence-corrected chi connectivity index (χ4v) is 2.49. The summed E-state index contributed by atoms with van der Waals surface area (Å²) in [6.45, 7) is 3.14. The number of carboxylic acids is 1. The molecule has 0 aliphatic heterocycles. The Morgan fingerprint density at radius 3 is 2.27 bits per heavy atom. The van der Waals surface area contributed by atoms with Crippen molar-refractivity contribution in [1.29, 1.82) is 0 Å². The lowest BCUT2D eigenvalue weighted by molar-refractivity contribution is -0.142. The fraction of sp³-hybridized carbons (Fsp3) is 0.294. The molecular formula is C17H20N2O6S. The fourth-order valence-electron chi connectivity index (χ4n) is 2.08. The van der Waals surface area contributed by atoms with Gasteiger partial charge in [-0.1, -0.05) is 12.1 Å². The predicted octanol–water partition coefficient (Wildman–Crippen LogP) is 1.94. The number of furan rings is 1. The Balaban J connectivity index is 2.04. The summed E-state index contributed by atoms with van der Waals surface area (Å²) in [6, 6.07) is 9.42. The van der Waals surface area contributed by atoms with Gasteiger partial charge in [-0.15, -0.1) is 0 Å². The second kappa shape index (κ2) is 7.30. The number of rotatable bonds is 7. The summed E-state index contributed by atoms with van der Waals surface area (Å²) in [5, 5.41) is 11.9. The molecule has 9 heteroatoms. The SMILES string of the molecule is CC(C)(C(=O)O)c1ccc(NC(=O)c2ccc(CNS(C)(=O)=O)o2)cc1. The normalized spacial score (nSPS) is 12.0. The van der Waals surface area contributed by atoms with Crippen LogP contribution < -0.4 is 10.0 Å². The van der Waals surface area contributed by atoms with Crippen molar-refractivity contribution in [1.82, 2.24) is 4.72 Å². The molecular weight excluding hydrogens is 360 g/mol. The van der Waals surface area contributed by atoms with Gasteiger partial charge in [-0.25, -0.2) is 13.1 Å². The minimum atomic E-state index is -3.36. The zero-order valence-electron chi connectivity index (χ0n) is 14.6. The number of aliphatic carboxylic acids is 1. The van der Waals surface area contributed by atoms with E-state index in [-0.39, 0.29) is 12.3 Å². The van der Waals surface area contributed by atoms with E-state index in [2.05, 4.69) is 10.0 Å². The second-order valence-electron chi connectivity index (χ2n) is 6.32. The van der Waals surface area contributed by atoms with Crippen molar-refractivity contribution in [3.63, 3.8) is 0 Å². The molecule has 0 saturated carbocycles. The van der Waals surface area contributed by atoms with E-state index in [1.54, 1.807) is 38.1 Å². The van der Waals surface area contributed by atoms with Crippen LogP contribution in [0.5, 0.6) is 0 Å². The largest absolute Gasteiger partial charge is 0.481 e. The van der Waals surface area contributed by atoms with Crippen LogP contribution >= 0.6 is 0 Å². The van der Waals surface area contributed by atoms with Gasteiger partial charge in [0.1, 0.15) is 5.76 Å². The molecule has 0 aliphatic rings. The zero-order valence-corrected chi connectivity index (χ0v) is 15.4. The molecule has 26 heavy (non-hydrogen) atoms. The third-order valence-electron chi connectivity index (χ3n) is 3.79. The molecule has 0 spiro atoms. The van der Waals surface area contributed by atoms with Crippen LogP contribution in [0.25, 0.3) is 0 Å². The molecule has 8 nitrogen and oxygen atoms in total. The molecule has 0 aliphatic carbocycles. The monoisotopic (exact) mass is 380 g/mol. The minimum Gasteiger partial charge on any atom is -0.481 e. The van der Waals surface area contributed by atoms with Crippen LogP contribution in [-0.4, -0.2) is 31.7 Å². The molecule has 0 atom stereocenters. The number of hydrogen-bond donors (Lipinski definition) is 3. The quantitative estimate of drug-likeness (QED) is 0.674. The summed E-state index contributed by atoms with van der Waals surface area (Å²) in [4.78, 5) is 23.4. The average Bonchev–Trinajstić information content (AvgIpc) is 3.02. The lowest BCUT2D eigenvalue weighted by atomic mass is 9.85. The van der Waals surface area contributed by atoms with E-state index >= 15 is 0 Å². The first-order valence-corrected chi connectivity index (χ1v) is 9.57. The Kier molecular flexibility index (Phi) is 5.53. The lowest BCUT2D eigenvalue weighted by Gasteiger charge is -2.19. The van der Waals surface area contributed by atoms with Gasteiger partial charge in [-0.2, -0.15) is 0 Å². The van der Waals surface area contributed by atoms with Crippen LogP contribution in [0.3, 0.4) is 0 Å². The summed E-state index contributed by atoms with van der Waals surface area (Å²) in [7, 11) is -3.36. The van der Waals surface area contributed by atoms with Gasteiger partial charge >= 0.3 is 5.97 Å². The highest BCUT2D eigenvalue weighted by Gasteiger charge is 2.29. The van der Waals surface area contributed by atoms with Crippen molar-refractivity contribution < 1.29 is 27.5 Å². The molecule has 1 heterocycles. The molecule has 0 radical (unpaired) electrons. The zero-order chi connectivity index (χ0) is 19.5. The third-order valence-corrected chi connectivity index (χ3v) is 4.46. The highest BCUT2D eigenvalue weighted by atomic mass is 32.2. The van der Waals surface area contributed by atoms with E-state index in [1.807, 2.05) is 0 Å². The summed E-state index contributed by atoms with van der Waals surface area (Å²) < 4.78 is 29.7. The number of nitrogens with one attached hydrogen (secondary N) is 2. The van der Waals surface area contributed by atoms with E-state index < -0.39 is 27.3 Å². The average molecular weight is 380 g/mol. The number of hydrogen-bond acceptors (Lipinski definition) is 5. The Bertz CT molecular complexity index is 913. The first-order valence-electron chi connectivity index (χ1n) is 7.67. The molecule has 2 aromatic rings. The maximum atomic E-state index is 12.2. The first kappa shape index (κ1) is 19.7. The van der Waals surface area contributed by atoms with Crippen LogP contribution in [0.2, 0.25) is 0 Å². The molecule has 1 amide bonds. The summed E-state index contributed by atoms with van der Waals surface area (Å²) in [6.07, 6.45) is 1.03. The van der Waals surface area contributed by atoms with Crippen molar-refractivity contribution in [2.45, 2.75) is 25.8 Å². The number of amides is 1. The van der Waals surface area contributed by atoms with Gasteiger partial charge in [0.15, 0.2) is 5.76 Å². The van der Waals surface area contributed by atoms with Crippen LogP contribution in [-0.2, 0) is 26.8 Å². The highest BCUT2D eigenvalue weighted by molar-refractivity contribution is 7.88. The minimum absolute atomic E-state index is 0.0326. The van der Waals surface area contributed by atoms with Gasteiger partial charge in [-0.05, 0) is 43.7 Å². The maximum absolute atomic E-state index is 12.2. The third kappa shape index (κ3) is 4.93. The number of sulfonamides is 1. The Morgan fingerprint density at radius 1 is 1.12 bits per heavy atom. The molecule has 1 aromatic carbocycles. The smallest absolute Gasteiger partial charge is 0.313 e. The summed E-state index contributed by atoms with van der Waals surface area (Å²) in [5.74, 6) is -1.11. The highest BCUT2D eigenvalue weighted by Crippen LogP contribution is 2.25. The topological polar surface area (TPSA) is 126 Å². The number of carbonyl (C=O) groups is 2. The first-order chi connectivity index (χ1) is 12.0.